The first-order chi connectivity index (χ1) is 6.51. The van der Waals surface area contributed by atoms with Crippen molar-refractivity contribution >= 4 is 5.97 Å². The molecule has 0 heterocycles. The van der Waals surface area contributed by atoms with Crippen LogP contribution >= 0.6 is 0 Å². The van der Waals surface area contributed by atoms with E-state index >= 15 is 0 Å². The Hall–Kier alpha value is -0.610. The summed E-state index contributed by atoms with van der Waals surface area (Å²) in [4.78, 5) is 10.2. The van der Waals surface area contributed by atoms with Crippen molar-refractivity contribution in [3.8, 4) is 0 Å². The fourth-order valence-corrected chi connectivity index (χ4v) is 0.655. The molecule has 0 aliphatic rings. The van der Waals surface area contributed by atoms with Crippen LogP contribution in [0.4, 0.5) is 0 Å². The van der Waals surface area contributed by atoms with E-state index in [2.05, 4.69) is 6.92 Å². The highest BCUT2D eigenvalue weighted by Crippen LogP contribution is 2.04. The minimum Gasteiger partial charge on any atom is -0.480 e. The van der Waals surface area contributed by atoms with Crippen LogP contribution in [0.25, 0.3) is 0 Å². The van der Waals surface area contributed by atoms with Gasteiger partial charge in [-0.2, -0.15) is 0 Å². The predicted molar refractivity (Wildman–Crippen MR) is 57.1 cm³/mol. The highest BCUT2D eigenvalue weighted by atomic mass is 16.4. The van der Waals surface area contributed by atoms with Gasteiger partial charge in [0, 0.05) is 6.61 Å². The van der Waals surface area contributed by atoms with Crippen molar-refractivity contribution in [2.75, 3.05) is 6.61 Å². The first kappa shape index (κ1) is 15.8. The smallest absolute Gasteiger partial charge is 0.320 e. The largest absolute Gasteiger partial charge is 0.480 e. The quantitative estimate of drug-likeness (QED) is 0.630. The molecule has 0 rings (SSSR count). The average molecular weight is 205 g/mol. The molecule has 0 bridgehead atoms. The summed E-state index contributed by atoms with van der Waals surface area (Å²) in [6.07, 6.45) is 2.85. The van der Waals surface area contributed by atoms with Gasteiger partial charge in [-0.25, -0.2) is 0 Å². The molecular weight excluding hydrogens is 182 g/mol. The molecular formula is C10H23NO3. The van der Waals surface area contributed by atoms with Crippen molar-refractivity contribution in [1.82, 2.24) is 0 Å². The molecule has 0 aromatic heterocycles. The molecule has 14 heavy (non-hydrogen) atoms. The number of carbonyl (C=O) groups is 1. The standard InChI is InChI=1S/C6H13NO2.C4H10O/c1-3-4(2)5(7)6(8)9;1-2-3-4-5/h4-5H,3,7H2,1-2H3,(H,8,9);5H,2-4H2,1H3/t4-,5-;/m0./s1. The summed E-state index contributed by atoms with van der Waals surface area (Å²) in [5, 5.41) is 16.4. The topological polar surface area (TPSA) is 83.5 Å². The maximum absolute atomic E-state index is 10.2. The maximum atomic E-state index is 10.2. The van der Waals surface area contributed by atoms with E-state index in [-0.39, 0.29) is 5.92 Å². The first-order valence-corrected chi connectivity index (χ1v) is 5.10. The van der Waals surface area contributed by atoms with Crippen LogP contribution in [0.15, 0.2) is 0 Å². The van der Waals surface area contributed by atoms with Crippen molar-refractivity contribution in [3.05, 3.63) is 0 Å². The number of aliphatic hydroxyl groups is 1. The SMILES string of the molecule is CCCCO.CC[C@H](C)[C@H](N)C(=O)O. The summed E-state index contributed by atoms with van der Waals surface area (Å²) >= 11 is 0. The summed E-state index contributed by atoms with van der Waals surface area (Å²) in [5.74, 6) is -0.841. The van der Waals surface area contributed by atoms with Crippen molar-refractivity contribution < 1.29 is 15.0 Å². The number of hydrogen-bond acceptors (Lipinski definition) is 3. The van der Waals surface area contributed by atoms with E-state index in [1.165, 1.54) is 0 Å². The van der Waals surface area contributed by atoms with Gasteiger partial charge in [0.25, 0.3) is 0 Å². The fraction of sp³-hybridized carbons (Fsp3) is 0.900. The molecule has 4 heteroatoms. The second-order valence-electron chi connectivity index (χ2n) is 3.33. The number of nitrogens with two attached hydrogens (primary N) is 1. The summed E-state index contributed by atoms with van der Waals surface area (Å²) < 4.78 is 0. The Morgan fingerprint density at radius 3 is 2.00 bits per heavy atom. The maximum Gasteiger partial charge on any atom is 0.320 e. The number of unbranched alkanes of at least 4 members (excludes halogenated alkanes) is 1. The zero-order chi connectivity index (χ0) is 11.6. The Balaban J connectivity index is 0. The molecule has 0 unspecified atom stereocenters. The third kappa shape index (κ3) is 9.48. The van der Waals surface area contributed by atoms with Gasteiger partial charge in [-0.1, -0.05) is 33.6 Å². The average Bonchev–Trinajstić information content (AvgIpc) is 2.17. The number of rotatable bonds is 5. The summed E-state index contributed by atoms with van der Waals surface area (Å²) in [6.45, 7) is 6.15. The lowest BCUT2D eigenvalue weighted by atomic mass is 10.0. The van der Waals surface area contributed by atoms with Crippen LogP contribution in [0.2, 0.25) is 0 Å². The highest BCUT2D eigenvalue weighted by Gasteiger charge is 2.17. The fourth-order valence-electron chi connectivity index (χ4n) is 0.655. The van der Waals surface area contributed by atoms with Crippen molar-refractivity contribution in [2.24, 2.45) is 11.7 Å². The normalized spacial score (nSPS) is 13.8. The minimum atomic E-state index is -0.913. The van der Waals surface area contributed by atoms with Crippen LogP contribution in [-0.2, 0) is 4.79 Å². The number of aliphatic hydroxyl groups excluding tert-OH is 1. The lowest BCUT2D eigenvalue weighted by Gasteiger charge is -2.11. The molecule has 4 N–H and O–H groups in total. The summed E-state index contributed by atoms with van der Waals surface area (Å²) in [5.41, 5.74) is 5.27. The van der Waals surface area contributed by atoms with Crippen LogP contribution in [0, 0.1) is 5.92 Å². The Kier molecular flexibility index (Phi) is 11.9. The van der Waals surface area contributed by atoms with E-state index < -0.39 is 12.0 Å². The molecule has 0 spiro atoms. The van der Waals surface area contributed by atoms with Crippen molar-refractivity contribution in [3.63, 3.8) is 0 Å². The van der Waals surface area contributed by atoms with Gasteiger partial charge in [0.2, 0.25) is 0 Å². The first-order valence-electron chi connectivity index (χ1n) is 5.10. The molecule has 86 valence electrons. The molecule has 0 amide bonds. The molecule has 0 saturated heterocycles. The molecule has 0 aliphatic carbocycles. The van der Waals surface area contributed by atoms with Crippen LogP contribution in [-0.4, -0.2) is 28.8 Å². The Bertz CT molecular complexity index is 137. The Morgan fingerprint density at radius 1 is 1.43 bits per heavy atom. The highest BCUT2D eigenvalue weighted by molar-refractivity contribution is 5.73. The summed E-state index contributed by atoms with van der Waals surface area (Å²) in [6, 6.07) is -0.699. The van der Waals surface area contributed by atoms with Crippen molar-refractivity contribution in [1.29, 1.82) is 0 Å². The summed E-state index contributed by atoms with van der Waals surface area (Å²) in [7, 11) is 0. The monoisotopic (exact) mass is 205 g/mol. The van der Waals surface area contributed by atoms with Crippen LogP contribution in [0.1, 0.15) is 40.0 Å². The van der Waals surface area contributed by atoms with Gasteiger partial charge in [-0.15, -0.1) is 0 Å². The Labute approximate surface area is 86.1 Å². The van der Waals surface area contributed by atoms with Gasteiger partial charge >= 0.3 is 5.97 Å². The van der Waals surface area contributed by atoms with Gasteiger partial charge in [0.15, 0.2) is 0 Å². The molecule has 0 aliphatic heterocycles. The molecule has 0 saturated carbocycles. The second kappa shape index (κ2) is 10.5. The third-order valence-corrected chi connectivity index (χ3v) is 2.05. The van der Waals surface area contributed by atoms with E-state index in [9.17, 15) is 4.79 Å². The van der Waals surface area contributed by atoms with Crippen LogP contribution in [0.5, 0.6) is 0 Å². The van der Waals surface area contributed by atoms with Crippen LogP contribution in [0.3, 0.4) is 0 Å². The lowest BCUT2D eigenvalue weighted by molar-refractivity contribution is -0.139. The number of aliphatic carboxylic acids is 1. The molecule has 0 aromatic rings. The zero-order valence-electron chi connectivity index (χ0n) is 9.36. The van der Waals surface area contributed by atoms with E-state index in [0.717, 1.165) is 19.3 Å². The lowest BCUT2D eigenvalue weighted by Crippen LogP contribution is -2.36. The van der Waals surface area contributed by atoms with E-state index in [0.29, 0.717) is 6.61 Å². The molecule has 0 radical (unpaired) electrons. The Morgan fingerprint density at radius 2 is 1.93 bits per heavy atom. The van der Waals surface area contributed by atoms with Gasteiger partial charge in [0.05, 0.1) is 0 Å². The van der Waals surface area contributed by atoms with Gasteiger partial charge in [-0.3, -0.25) is 4.79 Å². The zero-order valence-corrected chi connectivity index (χ0v) is 9.36. The third-order valence-electron chi connectivity index (χ3n) is 2.05. The number of carboxylic acids is 1. The molecule has 2 atom stereocenters. The van der Waals surface area contributed by atoms with Gasteiger partial charge in [-0.05, 0) is 12.3 Å². The number of carboxylic acid groups (broad SMARTS) is 1. The van der Waals surface area contributed by atoms with Crippen molar-refractivity contribution in [2.45, 2.75) is 46.1 Å². The molecule has 4 nitrogen and oxygen atoms in total. The van der Waals surface area contributed by atoms with Gasteiger partial charge < -0.3 is 15.9 Å². The minimum absolute atomic E-state index is 0.0718. The number of hydrogen-bond donors (Lipinski definition) is 3. The van der Waals surface area contributed by atoms with E-state index in [1.54, 1.807) is 0 Å². The van der Waals surface area contributed by atoms with Gasteiger partial charge in [0.1, 0.15) is 6.04 Å². The second-order valence-corrected chi connectivity index (χ2v) is 3.33. The molecule has 0 fully saturated rings. The predicted octanol–water partition coefficient (Wildman–Crippen LogP) is 1.22. The van der Waals surface area contributed by atoms with E-state index in [1.807, 2.05) is 13.8 Å². The van der Waals surface area contributed by atoms with E-state index in [4.69, 9.17) is 15.9 Å². The van der Waals surface area contributed by atoms with Crippen LogP contribution < -0.4 is 5.73 Å². The molecule has 0 aromatic carbocycles.